The van der Waals surface area contributed by atoms with Gasteiger partial charge in [0.15, 0.2) is 0 Å². The number of hydrogen-bond donors (Lipinski definition) is 0. The first-order valence-electron chi connectivity index (χ1n) is 6.09. The average Bonchev–Trinajstić information content (AvgIpc) is 2.95. The number of hydrogen-bond acceptors (Lipinski definition) is 3. The molecule has 2 heterocycles. The molecule has 2 aromatic carbocycles. The summed E-state index contributed by atoms with van der Waals surface area (Å²) in [5, 5.41) is 5.68. The van der Waals surface area contributed by atoms with Gasteiger partial charge in [-0.25, -0.2) is 9.97 Å². The van der Waals surface area contributed by atoms with Gasteiger partial charge in [0, 0.05) is 10.9 Å². The Labute approximate surface area is 114 Å². The molecule has 2 nitrogen and oxygen atoms in total. The van der Waals surface area contributed by atoms with Crippen LogP contribution in [-0.2, 0) is 0 Å². The Kier molecular flexibility index (Phi) is 2.32. The number of benzene rings is 2. The number of nitrogens with zero attached hydrogens (tertiary/aromatic N) is 2. The zero-order valence-corrected chi connectivity index (χ0v) is 10.9. The molecule has 0 fully saturated rings. The van der Waals surface area contributed by atoms with E-state index in [9.17, 15) is 0 Å². The van der Waals surface area contributed by atoms with Crippen LogP contribution in [0.15, 0.2) is 60.2 Å². The van der Waals surface area contributed by atoms with Crippen LogP contribution in [0.4, 0.5) is 0 Å². The van der Waals surface area contributed by atoms with Crippen LogP contribution in [0.1, 0.15) is 0 Å². The minimum Gasteiger partial charge on any atom is -0.236 e. The highest BCUT2D eigenvalue weighted by Crippen LogP contribution is 2.30. The Hall–Kier alpha value is -2.26. The molecule has 0 saturated heterocycles. The van der Waals surface area contributed by atoms with Crippen LogP contribution in [0.3, 0.4) is 0 Å². The Bertz CT molecular complexity index is 880. The number of thiophene rings is 1. The Morgan fingerprint density at radius 3 is 2.68 bits per heavy atom. The summed E-state index contributed by atoms with van der Waals surface area (Å²) in [5.74, 6) is 0. The topological polar surface area (TPSA) is 25.8 Å². The Morgan fingerprint density at radius 2 is 1.74 bits per heavy atom. The summed E-state index contributed by atoms with van der Waals surface area (Å²) < 4.78 is 0. The molecule has 4 rings (SSSR count). The highest BCUT2D eigenvalue weighted by atomic mass is 32.1. The zero-order valence-electron chi connectivity index (χ0n) is 10.1. The summed E-state index contributed by atoms with van der Waals surface area (Å²) in [5.41, 5.74) is 2.15. The summed E-state index contributed by atoms with van der Waals surface area (Å²) in [6, 6.07) is 16.9. The molecule has 0 unspecified atom stereocenters. The highest BCUT2D eigenvalue weighted by Gasteiger charge is 2.07. The summed E-state index contributed by atoms with van der Waals surface area (Å²) in [6.07, 6.45) is 1.64. The second kappa shape index (κ2) is 4.14. The van der Waals surface area contributed by atoms with Crippen molar-refractivity contribution >= 4 is 32.3 Å². The second-order valence-corrected chi connectivity index (χ2v) is 5.32. The van der Waals surface area contributed by atoms with E-state index in [1.807, 2.05) is 0 Å². The normalized spacial score (nSPS) is 11.2. The van der Waals surface area contributed by atoms with E-state index in [1.165, 1.54) is 10.8 Å². The minimum atomic E-state index is 1.01. The molecule has 0 atom stereocenters. The van der Waals surface area contributed by atoms with Crippen molar-refractivity contribution < 1.29 is 0 Å². The van der Waals surface area contributed by atoms with Gasteiger partial charge in [-0.2, -0.15) is 0 Å². The van der Waals surface area contributed by atoms with Crippen LogP contribution in [0, 0.1) is 0 Å². The predicted molar refractivity (Wildman–Crippen MR) is 80.4 cm³/mol. The van der Waals surface area contributed by atoms with Gasteiger partial charge in [0.05, 0.1) is 5.69 Å². The van der Waals surface area contributed by atoms with Crippen LogP contribution in [0.25, 0.3) is 32.2 Å². The first kappa shape index (κ1) is 10.6. The van der Waals surface area contributed by atoms with Crippen molar-refractivity contribution in [2.45, 2.75) is 0 Å². The van der Waals surface area contributed by atoms with E-state index in [2.05, 4.69) is 63.9 Å². The monoisotopic (exact) mass is 262 g/mol. The fourth-order valence-electron chi connectivity index (χ4n) is 2.36. The van der Waals surface area contributed by atoms with E-state index >= 15 is 0 Å². The lowest BCUT2D eigenvalue weighted by Gasteiger charge is -2.04. The van der Waals surface area contributed by atoms with Crippen molar-refractivity contribution in [1.29, 1.82) is 0 Å². The van der Waals surface area contributed by atoms with E-state index in [4.69, 9.17) is 0 Å². The largest absolute Gasteiger partial charge is 0.236 e. The lowest BCUT2D eigenvalue weighted by atomic mass is 10.0. The van der Waals surface area contributed by atoms with Crippen molar-refractivity contribution in [2.75, 3.05) is 0 Å². The van der Waals surface area contributed by atoms with Gasteiger partial charge < -0.3 is 0 Å². The van der Waals surface area contributed by atoms with Crippen molar-refractivity contribution in [1.82, 2.24) is 9.97 Å². The van der Waals surface area contributed by atoms with Crippen LogP contribution >= 0.6 is 11.3 Å². The Morgan fingerprint density at radius 1 is 0.842 bits per heavy atom. The van der Waals surface area contributed by atoms with Crippen LogP contribution in [0.2, 0.25) is 0 Å². The second-order valence-electron chi connectivity index (χ2n) is 4.42. The standard InChI is InChI=1S/C16H10N2S/c1-2-4-12-9-13(6-5-11(12)3-1)15-14-7-8-19-16(14)18-10-17-15/h1-10H. The van der Waals surface area contributed by atoms with Crippen molar-refractivity contribution in [3.05, 3.63) is 60.2 Å². The predicted octanol–water partition coefficient (Wildman–Crippen LogP) is 4.51. The molecule has 0 N–H and O–H groups in total. The Balaban J connectivity index is 2.01. The summed E-state index contributed by atoms with van der Waals surface area (Å²) in [6.45, 7) is 0. The van der Waals surface area contributed by atoms with Crippen LogP contribution in [0.5, 0.6) is 0 Å². The van der Waals surface area contributed by atoms with Gasteiger partial charge >= 0.3 is 0 Å². The van der Waals surface area contributed by atoms with E-state index in [0.29, 0.717) is 0 Å². The molecule has 2 aromatic heterocycles. The molecular formula is C16H10N2S. The number of aromatic nitrogens is 2. The van der Waals surface area contributed by atoms with E-state index in [0.717, 1.165) is 21.5 Å². The van der Waals surface area contributed by atoms with Gasteiger partial charge in [0.2, 0.25) is 0 Å². The minimum absolute atomic E-state index is 1.01. The molecule has 0 aliphatic rings. The van der Waals surface area contributed by atoms with E-state index in [1.54, 1.807) is 17.7 Å². The van der Waals surface area contributed by atoms with Crippen molar-refractivity contribution in [3.8, 4) is 11.3 Å². The third kappa shape index (κ3) is 1.71. The summed E-state index contributed by atoms with van der Waals surface area (Å²) in [4.78, 5) is 9.79. The smallest absolute Gasteiger partial charge is 0.127 e. The number of fused-ring (bicyclic) bond motifs is 2. The quantitative estimate of drug-likeness (QED) is 0.504. The summed E-state index contributed by atoms with van der Waals surface area (Å²) >= 11 is 1.65. The van der Waals surface area contributed by atoms with Crippen LogP contribution < -0.4 is 0 Å². The van der Waals surface area contributed by atoms with Gasteiger partial charge in [-0.3, -0.25) is 0 Å². The molecule has 0 radical (unpaired) electrons. The molecule has 0 amide bonds. The van der Waals surface area contributed by atoms with E-state index in [-0.39, 0.29) is 0 Å². The lowest BCUT2D eigenvalue weighted by Crippen LogP contribution is -1.86. The highest BCUT2D eigenvalue weighted by molar-refractivity contribution is 7.16. The van der Waals surface area contributed by atoms with E-state index < -0.39 is 0 Å². The molecule has 3 heteroatoms. The van der Waals surface area contributed by atoms with Crippen molar-refractivity contribution in [3.63, 3.8) is 0 Å². The third-order valence-electron chi connectivity index (χ3n) is 3.28. The van der Waals surface area contributed by atoms with Gasteiger partial charge in [0.25, 0.3) is 0 Å². The fourth-order valence-corrected chi connectivity index (χ4v) is 3.09. The maximum atomic E-state index is 4.45. The molecule has 90 valence electrons. The molecular weight excluding hydrogens is 252 g/mol. The van der Waals surface area contributed by atoms with Gasteiger partial charge in [0.1, 0.15) is 11.2 Å². The molecule has 19 heavy (non-hydrogen) atoms. The zero-order chi connectivity index (χ0) is 12.7. The first-order valence-corrected chi connectivity index (χ1v) is 6.97. The molecule has 0 saturated carbocycles. The summed E-state index contributed by atoms with van der Waals surface area (Å²) in [7, 11) is 0. The lowest BCUT2D eigenvalue weighted by molar-refractivity contribution is 1.24. The molecule has 4 aromatic rings. The van der Waals surface area contributed by atoms with Gasteiger partial charge in [-0.15, -0.1) is 11.3 Å². The maximum Gasteiger partial charge on any atom is 0.127 e. The SMILES string of the molecule is c1ccc2cc(-c3ncnc4sccc34)ccc2c1. The van der Waals surface area contributed by atoms with Crippen LogP contribution in [-0.4, -0.2) is 9.97 Å². The molecule has 0 bridgehead atoms. The molecule has 0 spiro atoms. The maximum absolute atomic E-state index is 4.45. The van der Waals surface area contributed by atoms with Crippen molar-refractivity contribution in [2.24, 2.45) is 0 Å². The molecule has 0 aliphatic heterocycles. The molecule has 0 aliphatic carbocycles. The number of rotatable bonds is 1. The fraction of sp³-hybridized carbons (Fsp3) is 0. The van der Waals surface area contributed by atoms with Gasteiger partial charge in [-0.1, -0.05) is 36.4 Å². The first-order chi connectivity index (χ1) is 9.42. The average molecular weight is 262 g/mol. The third-order valence-corrected chi connectivity index (χ3v) is 4.11. The van der Waals surface area contributed by atoms with Gasteiger partial charge in [-0.05, 0) is 28.3 Å².